The normalized spacial score (nSPS) is 10.2. The van der Waals surface area contributed by atoms with Crippen LogP contribution in [0.15, 0.2) is 42.5 Å². The maximum atomic E-state index is 5.95. The number of anilines is 2. The molecule has 0 aliphatic rings. The zero-order chi connectivity index (χ0) is 15.1. The standard InChI is InChI=1S/C16H18Cl2N2O/c1-21-16-6-3-2-5-15(16)20-8-4-7-19-14-10-12(17)9-13(18)11-14/h2-3,5-6,9-11,19-20H,4,7-8H2,1H3. The van der Waals surface area contributed by atoms with Crippen molar-refractivity contribution in [2.45, 2.75) is 6.42 Å². The van der Waals surface area contributed by atoms with Crippen molar-refractivity contribution in [3.63, 3.8) is 0 Å². The van der Waals surface area contributed by atoms with Crippen LogP contribution in [-0.2, 0) is 0 Å². The number of para-hydroxylation sites is 2. The molecule has 0 heterocycles. The Morgan fingerprint density at radius 1 is 0.952 bits per heavy atom. The molecule has 0 aromatic heterocycles. The van der Waals surface area contributed by atoms with Crippen LogP contribution in [0.25, 0.3) is 0 Å². The number of nitrogens with one attached hydrogen (secondary N) is 2. The van der Waals surface area contributed by atoms with Gasteiger partial charge < -0.3 is 15.4 Å². The molecule has 0 aliphatic carbocycles. The second-order valence-electron chi connectivity index (χ2n) is 4.57. The molecule has 2 N–H and O–H groups in total. The molecular weight excluding hydrogens is 307 g/mol. The summed E-state index contributed by atoms with van der Waals surface area (Å²) in [6.07, 6.45) is 0.960. The number of rotatable bonds is 7. The molecule has 0 spiro atoms. The molecule has 0 aliphatic heterocycles. The predicted molar refractivity (Wildman–Crippen MR) is 91.1 cm³/mol. The Bertz CT molecular complexity index is 570. The molecule has 0 atom stereocenters. The van der Waals surface area contributed by atoms with Crippen molar-refractivity contribution < 1.29 is 4.74 Å². The number of hydrogen-bond acceptors (Lipinski definition) is 3. The summed E-state index contributed by atoms with van der Waals surface area (Å²) < 4.78 is 5.29. The third kappa shape index (κ3) is 5.03. The average Bonchev–Trinajstić information content (AvgIpc) is 2.46. The van der Waals surface area contributed by atoms with E-state index in [0.29, 0.717) is 10.0 Å². The van der Waals surface area contributed by atoms with Crippen molar-refractivity contribution in [1.82, 2.24) is 0 Å². The van der Waals surface area contributed by atoms with Crippen LogP contribution < -0.4 is 15.4 Å². The third-order valence-corrected chi connectivity index (χ3v) is 3.40. The van der Waals surface area contributed by atoms with E-state index in [2.05, 4.69) is 10.6 Å². The van der Waals surface area contributed by atoms with E-state index in [0.717, 1.165) is 36.6 Å². The van der Waals surface area contributed by atoms with E-state index in [1.807, 2.05) is 36.4 Å². The first-order chi connectivity index (χ1) is 10.2. The zero-order valence-corrected chi connectivity index (χ0v) is 13.3. The van der Waals surface area contributed by atoms with E-state index in [1.54, 1.807) is 13.2 Å². The lowest BCUT2D eigenvalue weighted by molar-refractivity contribution is 0.416. The Morgan fingerprint density at radius 3 is 2.33 bits per heavy atom. The number of ether oxygens (including phenoxy) is 1. The van der Waals surface area contributed by atoms with Gasteiger partial charge in [-0.15, -0.1) is 0 Å². The molecule has 2 aromatic carbocycles. The Hall–Kier alpha value is -1.58. The predicted octanol–water partition coefficient (Wildman–Crippen LogP) is 4.92. The molecule has 0 amide bonds. The minimum Gasteiger partial charge on any atom is -0.495 e. The van der Waals surface area contributed by atoms with E-state index in [-0.39, 0.29) is 0 Å². The van der Waals surface area contributed by atoms with E-state index < -0.39 is 0 Å². The Labute approximate surface area is 135 Å². The highest BCUT2D eigenvalue weighted by atomic mass is 35.5. The summed E-state index contributed by atoms with van der Waals surface area (Å²) >= 11 is 11.9. The molecule has 0 saturated carbocycles. The highest BCUT2D eigenvalue weighted by Crippen LogP contribution is 2.23. The van der Waals surface area contributed by atoms with Crippen molar-refractivity contribution in [1.29, 1.82) is 0 Å². The number of methoxy groups -OCH3 is 1. The van der Waals surface area contributed by atoms with Crippen molar-refractivity contribution in [3.05, 3.63) is 52.5 Å². The average molecular weight is 325 g/mol. The molecule has 21 heavy (non-hydrogen) atoms. The number of benzene rings is 2. The molecule has 112 valence electrons. The van der Waals surface area contributed by atoms with E-state index >= 15 is 0 Å². The summed E-state index contributed by atoms with van der Waals surface area (Å²) in [6, 6.07) is 13.3. The molecule has 0 radical (unpaired) electrons. The topological polar surface area (TPSA) is 33.3 Å². The summed E-state index contributed by atoms with van der Waals surface area (Å²) in [5, 5.41) is 7.93. The number of hydrogen-bond donors (Lipinski definition) is 2. The van der Waals surface area contributed by atoms with E-state index in [1.165, 1.54) is 0 Å². The molecule has 0 saturated heterocycles. The van der Waals surface area contributed by atoms with Gasteiger partial charge in [0.2, 0.25) is 0 Å². The molecule has 0 unspecified atom stereocenters. The van der Waals surface area contributed by atoms with Gasteiger partial charge >= 0.3 is 0 Å². The largest absolute Gasteiger partial charge is 0.495 e. The first-order valence-electron chi connectivity index (χ1n) is 6.76. The molecule has 3 nitrogen and oxygen atoms in total. The second kappa shape index (κ2) is 8.01. The van der Waals surface area contributed by atoms with Crippen LogP contribution in [0.2, 0.25) is 10.0 Å². The molecule has 2 rings (SSSR count). The van der Waals surface area contributed by atoms with Crippen molar-refractivity contribution in [3.8, 4) is 5.75 Å². The highest BCUT2D eigenvalue weighted by Gasteiger charge is 2.00. The Balaban J connectivity index is 1.75. The van der Waals surface area contributed by atoms with E-state index in [9.17, 15) is 0 Å². The van der Waals surface area contributed by atoms with Crippen LogP contribution in [0.5, 0.6) is 5.75 Å². The van der Waals surface area contributed by atoms with Crippen molar-refractivity contribution in [2.75, 3.05) is 30.8 Å². The summed E-state index contributed by atoms with van der Waals surface area (Å²) in [4.78, 5) is 0. The molecular formula is C16H18Cl2N2O. The highest BCUT2D eigenvalue weighted by molar-refractivity contribution is 6.35. The fraction of sp³-hybridized carbons (Fsp3) is 0.250. The van der Waals surface area contributed by atoms with E-state index in [4.69, 9.17) is 27.9 Å². The first-order valence-corrected chi connectivity index (χ1v) is 7.51. The minimum atomic E-state index is 0.636. The van der Waals surface area contributed by atoms with Crippen LogP contribution in [0.3, 0.4) is 0 Å². The smallest absolute Gasteiger partial charge is 0.141 e. The van der Waals surface area contributed by atoms with Gasteiger partial charge in [-0.3, -0.25) is 0 Å². The fourth-order valence-electron chi connectivity index (χ4n) is 1.99. The lowest BCUT2D eigenvalue weighted by atomic mass is 10.2. The maximum Gasteiger partial charge on any atom is 0.141 e. The fourth-order valence-corrected chi connectivity index (χ4v) is 2.52. The van der Waals surface area contributed by atoms with Gasteiger partial charge in [-0.1, -0.05) is 35.3 Å². The summed E-state index contributed by atoms with van der Waals surface area (Å²) in [7, 11) is 1.67. The molecule has 5 heteroatoms. The number of halogens is 2. The Morgan fingerprint density at radius 2 is 1.62 bits per heavy atom. The van der Waals surface area contributed by atoms with Gasteiger partial charge in [0.15, 0.2) is 0 Å². The maximum absolute atomic E-state index is 5.95. The minimum absolute atomic E-state index is 0.636. The van der Waals surface area contributed by atoms with Crippen molar-refractivity contribution in [2.24, 2.45) is 0 Å². The van der Waals surface area contributed by atoms with Crippen LogP contribution in [0.4, 0.5) is 11.4 Å². The molecule has 2 aromatic rings. The lowest BCUT2D eigenvalue weighted by Gasteiger charge is -2.11. The van der Waals surface area contributed by atoms with Gasteiger partial charge in [-0.25, -0.2) is 0 Å². The van der Waals surface area contributed by atoms with Crippen molar-refractivity contribution >= 4 is 34.6 Å². The van der Waals surface area contributed by atoms with Gasteiger partial charge in [0, 0.05) is 28.8 Å². The van der Waals surface area contributed by atoms with Gasteiger partial charge in [-0.2, -0.15) is 0 Å². The van der Waals surface area contributed by atoms with Crippen LogP contribution in [0.1, 0.15) is 6.42 Å². The molecule has 0 bridgehead atoms. The molecule has 0 fully saturated rings. The van der Waals surface area contributed by atoms with Crippen LogP contribution in [-0.4, -0.2) is 20.2 Å². The monoisotopic (exact) mass is 324 g/mol. The summed E-state index contributed by atoms with van der Waals surface area (Å²) in [5.41, 5.74) is 1.94. The Kier molecular flexibility index (Phi) is 6.03. The third-order valence-electron chi connectivity index (χ3n) is 2.97. The SMILES string of the molecule is COc1ccccc1NCCCNc1cc(Cl)cc(Cl)c1. The van der Waals surface area contributed by atoms with Gasteiger partial charge in [0.25, 0.3) is 0 Å². The summed E-state index contributed by atoms with van der Waals surface area (Å²) in [5.74, 6) is 0.854. The first kappa shape index (κ1) is 15.8. The quantitative estimate of drug-likeness (QED) is 0.709. The second-order valence-corrected chi connectivity index (χ2v) is 5.44. The van der Waals surface area contributed by atoms with Gasteiger partial charge in [-0.05, 0) is 36.8 Å². The van der Waals surface area contributed by atoms with Gasteiger partial charge in [0.1, 0.15) is 5.75 Å². The van der Waals surface area contributed by atoms with Gasteiger partial charge in [0.05, 0.1) is 12.8 Å². The zero-order valence-electron chi connectivity index (χ0n) is 11.8. The lowest BCUT2D eigenvalue weighted by Crippen LogP contribution is -2.09. The van der Waals surface area contributed by atoms with Crippen LogP contribution >= 0.6 is 23.2 Å². The van der Waals surface area contributed by atoms with Crippen LogP contribution in [0, 0.1) is 0 Å². The summed E-state index contributed by atoms with van der Waals surface area (Å²) in [6.45, 7) is 1.68.